The zero-order chi connectivity index (χ0) is 23.6. The summed E-state index contributed by atoms with van der Waals surface area (Å²) in [6, 6.07) is 19.2. The van der Waals surface area contributed by atoms with E-state index >= 15 is 0 Å². The highest BCUT2D eigenvalue weighted by Gasteiger charge is 2.28. The van der Waals surface area contributed by atoms with Crippen LogP contribution in [-0.4, -0.2) is 55.2 Å². The first-order valence-corrected chi connectivity index (χ1v) is 13.2. The van der Waals surface area contributed by atoms with Gasteiger partial charge in [0.25, 0.3) is 5.91 Å². The smallest absolute Gasteiger partial charge is 0.254 e. The second kappa shape index (κ2) is 9.90. The quantitative estimate of drug-likeness (QED) is 0.470. The number of amides is 1. The number of ether oxygens (including phenoxy) is 2. The number of hydrogen-bond donors (Lipinski definition) is 0. The topological polar surface area (TPSA) is 42.0 Å². The molecule has 6 rings (SSSR count). The largest absolute Gasteiger partial charge is 0.454 e. The van der Waals surface area contributed by atoms with Crippen LogP contribution < -0.4 is 9.47 Å². The molecule has 1 unspecified atom stereocenters. The maximum Gasteiger partial charge on any atom is 0.254 e. The molecule has 182 valence electrons. The highest BCUT2D eigenvalue weighted by molar-refractivity contribution is 5.97. The summed E-state index contributed by atoms with van der Waals surface area (Å²) in [5.41, 5.74) is 3.33. The molecule has 0 bridgehead atoms. The number of fused-ring (bicyclic) bond motifs is 3. The van der Waals surface area contributed by atoms with E-state index in [4.69, 9.17) is 9.47 Å². The standard InChI is InChI=1S/C30H34N2O3/c33-30-27-19-29-28(34-21-35-29)18-25(27)13-17-32(30)15-5-7-22-6-4-14-31(20-22)16-12-24-10-3-9-23-8-1-2-11-26(23)24/h1-3,8-11,18-19,22H,4-7,12-17,20-21H2. The zero-order valence-electron chi connectivity index (χ0n) is 20.4. The Labute approximate surface area is 207 Å². The molecule has 5 nitrogen and oxygen atoms in total. The molecule has 3 heterocycles. The van der Waals surface area contributed by atoms with Gasteiger partial charge in [-0.2, -0.15) is 0 Å². The summed E-state index contributed by atoms with van der Waals surface area (Å²) in [4.78, 5) is 17.8. The van der Waals surface area contributed by atoms with Crippen molar-refractivity contribution < 1.29 is 14.3 Å². The van der Waals surface area contributed by atoms with Gasteiger partial charge in [-0.25, -0.2) is 0 Å². The molecule has 3 aliphatic rings. The number of carbonyl (C=O) groups excluding carboxylic acids is 1. The molecular formula is C30H34N2O3. The van der Waals surface area contributed by atoms with E-state index in [1.54, 1.807) is 0 Å². The van der Waals surface area contributed by atoms with Gasteiger partial charge in [0.05, 0.1) is 0 Å². The lowest BCUT2D eigenvalue weighted by atomic mass is 9.92. The number of benzene rings is 3. The number of likely N-dealkylation sites (tertiary alicyclic amines) is 1. The van der Waals surface area contributed by atoms with Gasteiger partial charge in [0.1, 0.15) is 0 Å². The highest BCUT2D eigenvalue weighted by atomic mass is 16.7. The molecule has 0 aliphatic carbocycles. The number of rotatable bonds is 7. The lowest BCUT2D eigenvalue weighted by Gasteiger charge is -2.34. The number of carbonyl (C=O) groups is 1. The van der Waals surface area contributed by atoms with Gasteiger partial charge in [0.15, 0.2) is 11.5 Å². The maximum atomic E-state index is 13.1. The van der Waals surface area contributed by atoms with E-state index in [2.05, 4.69) is 47.4 Å². The van der Waals surface area contributed by atoms with Gasteiger partial charge in [-0.1, -0.05) is 42.5 Å². The van der Waals surface area contributed by atoms with Crippen molar-refractivity contribution in [1.29, 1.82) is 0 Å². The van der Waals surface area contributed by atoms with E-state index in [1.807, 2.05) is 17.0 Å². The normalized spacial score (nSPS) is 19.8. The molecule has 0 saturated carbocycles. The third-order valence-corrected chi connectivity index (χ3v) is 7.99. The lowest BCUT2D eigenvalue weighted by molar-refractivity contribution is 0.0730. The summed E-state index contributed by atoms with van der Waals surface area (Å²) in [6.45, 7) is 5.41. The second-order valence-corrected chi connectivity index (χ2v) is 10.2. The van der Waals surface area contributed by atoms with E-state index in [0.29, 0.717) is 5.75 Å². The molecule has 0 aromatic heterocycles. The van der Waals surface area contributed by atoms with Crippen molar-refractivity contribution in [3.8, 4) is 11.5 Å². The molecule has 0 N–H and O–H groups in total. The monoisotopic (exact) mass is 470 g/mol. The summed E-state index contributed by atoms with van der Waals surface area (Å²) in [7, 11) is 0. The highest BCUT2D eigenvalue weighted by Crippen LogP contribution is 2.37. The Morgan fingerprint density at radius 1 is 0.943 bits per heavy atom. The fraction of sp³-hybridized carbons (Fsp3) is 0.433. The molecule has 5 heteroatoms. The van der Waals surface area contributed by atoms with Crippen molar-refractivity contribution in [2.45, 2.75) is 38.5 Å². The first-order chi connectivity index (χ1) is 17.2. The third kappa shape index (κ3) is 4.74. The van der Waals surface area contributed by atoms with Crippen LogP contribution in [0.5, 0.6) is 11.5 Å². The van der Waals surface area contributed by atoms with Gasteiger partial charge in [0, 0.05) is 31.7 Å². The van der Waals surface area contributed by atoms with E-state index in [9.17, 15) is 4.79 Å². The summed E-state index contributed by atoms with van der Waals surface area (Å²) in [6.07, 6.45) is 6.86. The molecule has 1 amide bonds. The molecule has 3 aromatic rings. The number of nitrogens with zero attached hydrogens (tertiary/aromatic N) is 2. The van der Waals surface area contributed by atoms with Crippen LogP contribution in [0.15, 0.2) is 54.6 Å². The van der Waals surface area contributed by atoms with Crippen molar-refractivity contribution in [1.82, 2.24) is 9.80 Å². The number of piperidine rings is 1. The fourth-order valence-electron chi connectivity index (χ4n) is 6.08. The Hall–Kier alpha value is -3.05. The summed E-state index contributed by atoms with van der Waals surface area (Å²) >= 11 is 0. The summed E-state index contributed by atoms with van der Waals surface area (Å²) < 4.78 is 11.0. The first-order valence-electron chi connectivity index (χ1n) is 13.2. The molecule has 3 aliphatic heterocycles. The van der Waals surface area contributed by atoms with Gasteiger partial charge in [0.2, 0.25) is 6.79 Å². The molecule has 35 heavy (non-hydrogen) atoms. The zero-order valence-corrected chi connectivity index (χ0v) is 20.4. The molecular weight excluding hydrogens is 436 g/mol. The Balaban J connectivity index is 0.995. The van der Waals surface area contributed by atoms with E-state index in [1.165, 1.54) is 48.7 Å². The first kappa shape index (κ1) is 22.4. The predicted octanol–water partition coefficient (Wildman–Crippen LogP) is 5.30. The Kier molecular flexibility index (Phi) is 6.34. The molecule has 0 spiro atoms. The van der Waals surface area contributed by atoms with Gasteiger partial charge in [-0.3, -0.25) is 4.79 Å². The minimum absolute atomic E-state index is 0.143. The Bertz CT molecular complexity index is 1220. The van der Waals surface area contributed by atoms with Crippen LogP contribution in [0.1, 0.15) is 47.2 Å². The maximum absolute atomic E-state index is 13.1. The molecule has 1 atom stereocenters. The Morgan fingerprint density at radius 3 is 2.74 bits per heavy atom. The van der Waals surface area contributed by atoms with Gasteiger partial charge >= 0.3 is 0 Å². The number of hydrogen-bond acceptors (Lipinski definition) is 4. The molecule has 0 radical (unpaired) electrons. The van der Waals surface area contributed by atoms with Crippen LogP contribution in [-0.2, 0) is 12.8 Å². The van der Waals surface area contributed by atoms with Gasteiger partial charge in [-0.15, -0.1) is 0 Å². The van der Waals surface area contributed by atoms with Crippen molar-refractivity contribution in [3.05, 3.63) is 71.3 Å². The Morgan fingerprint density at radius 2 is 1.80 bits per heavy atom. The van der Waals surface area contributed by atoms with Crippen molar-refractivity contribution in [2.24, 2.45) is 5.92 Å². The predicted molar refractivity (Wildman–Crippen MR) is 138 cm³/mol. The van der Waals surface area contributed by atoms with Crippen LogP contribution in [0.25, 0.3) is 10.8 Å². The van der Waals surface area contributed by atoms with Crippen molar-refractivity contribution in [3.63, 3.8) is 0 Å². The molecule has 1 saturated heterocycles. The van der Waals surface area contributed by atoms with Crippen LogP contribution in [0.2, 0.25) is 0 Å². The summed E-state index contributed by atoms with van der Waals surface area (Å²) in [5, 5.41) is 2.72. The SMILES string of the molecule is O=C1c2cc3c(cc2CCN1CCCC1CCCN(CCc2cccc4ccccc24)C1)OCO3. The van der Waals surface area contributed by atoms with Crippen LogP contribution >= 0.6 is 0 Å². The van der Waals surface area contributed by atoms with E-state index in [0.717, 1.165) is 61.7 Å². The van der Waals surface area contributed by atoms with Crippen molar-refractivity contribution in [2.75, 3.05) is 39.5 Å². The fourth-order valence-corrected chi connectivity index (χ4v) is 6.08. The van der Waals surface area contributed by atoms with Crippen LogP contribution in [0.4, 0.5) is 0 Å². The second-order valence-electron chi connectivity index (χ2n) is 10.2. The minimum atomic E-state index is 0.143. The average molecular weight is 471 g/mol. The van der Waals surface area contributed by atoms with E-state index in [-0.39, 0.29) is 12.7 Å². The third-order valence-electron chi connectivity index (χ3n) is 7.99. The summed E-state index contributed by atoms with van der Waals surface area (Å²) in [5.74, 6) is 2.35. The lowest BCUT2D eigenvalue weighted by Crippen LogP contribution is -2.39. The molecule has 3 aromatic carbocycles. The van der Waals surface area contributed by atoms with Crippen LogP contribution in [0.3, 0.4) is 0 Å². The minimum Gasteiger partial charge on any atom is -0.454 e. The average Bonchev–Trinajstić information content (AvgIpc) is 3.36. The van der Waals surface area contributed by atoms with E-state index < -0.39 is 0 Å². The van der Waals surface area contributed by atoms with Crippen molar-refractivity contribution >= 4 is 16.7 Å². The van der Waals surface area contributed by atoms with Gasteiger partial charge in [-0.05, 0) is 85.0 Å². The van der Waals surface area contributed by atoms with Gasteiger partial charge < -0.3 is 19.3 Å². The van der Waals surface area contributed by atoms with Crippen LogP contribution in [0, 0.1) is 5.92 Å². The molecule has 1 fully saturated rings.